The van der Waals surface area contributed by atoms with Crippen molar-refractivity contribution in [1.29, 1.82) is 0 Å². The molecule has 0 spiro atoms. The lowest BCUT2D eigenvalue weighted by Gasteiger charge is -2.18. The van der Waals surface area contributed by atoms with Gasteiger partial charge in [0.15, 0.2) is 6.10 Å². The van der Waals surface area contributed by atoms with Gasteiger partial charge in [0.25, 0.3) is 0 Å². The van der Waals surface area contributed by atoms with Gasteiger partial charge in [0, 0.05) is 19.3 Å². The van der Waals surface area contributed by atoms with E-state index in [1.54, 1.807) is 0 Å². The van der Waals surface area contributed by atoms with E-state index in [1.807, 2.05) is 0 Å². The summed E-state index contributed by atoms with van der Waals surface area (Å²) < 4.78 is 16.8. The third-order valence-electron chi connectivity index (χ3n) is 14.5. The first-order chi connectivity index (χ1) is 34.5. The maximum absolute atomic E-state index is 12.8. The molecule has 0 aromatic rings. The lowest BCUT2D eigenvalue weighted by Crippen LogP contribution is -2.30. The van der Waals surface area contributed by atoms with Crippen LogP contribution in [0, 0.1) is 0 Å². The van der Waals surface area contributed by atoms with Crippen molar-refractivity contribution in [2.75, 3.05) is 13.2 Å². The zero-order chi connectivity index (χ0) is 50.7. The summed E-state index contributed by atoms with van der Waals surface area (Å²) in [5.74, 6) is -0.848. The van der Waals surface area contributed by atoms with Crippen LogP contribution in [0.25, 0.3) is 0 Å². The average molecular weight is 988 g/mol. The van der Waals surface area contributed by atoms with E-state index in [-0.39, 0.29) is 31.1 Å². The maximum Gasteiger partial charge on any atom is 0.306 e. The summed E-state index contributed by atoms with van der Waals surface area (Å²) in [4.78, 5) is 38.0. The summed E-state index contributed by atoms with van der Waals surface area (Å²) in [6.45, 7) is 6.65. The van der Waals surface area contributed by atoms with Gasteiger partial charge in [-0.15, -0.1) is 0 Å². The summed E-state index contributed by atoms with van der Waals surface area (Å²) in [6, 6.07) is 0. The van der Waals surface area contributed by atoms with Crippen LogP contribution in [0.5, 0.6) is 0 Å². The average Bonchev–Trinajstić information content (AvgIpc) is 3.36. The molecule has 0 aromatic carbocycles. The molecule has 0 aliphatic carbocycles. The molecular formula is C64H122O6. The Morgan fingerprint density at radius 2 is 0.471 bits per heavy atom. The van der Waals surface area contributed by atoms with Crippen LogP contribution in [0.3, 0.4) is 0 Å². The van der Waals surface area contributed by atoms with Gasteiger partial charge in [0.1, 0.15) is 13.2 Å². The van der Waals surface area contributed by atoms with Crippen molar-refractivity contribution in [1.82, 2.24) is 0 Å². The number of carbonyl (C=O) groups is 3. The van der Waals surface area contributed by atoms with Gasteiger partial charge in [0.2, 0.25) is 0 Å². The van der Waals surface area contributed by atoms with Gasteiger partial charge in [-0.3, -0.25) is 14.4 Å². The normalized spacial score (nSPS) is 12.0. The highest BCUT2D eigenvalue weighted by Crippen LogP contribution is 2.18. The Bertz CT molecular complexity index is 1090. The Balaban J connectivity index is 4.00. The first-order valence-corrected chi connectivity index (χ1v) is 31.7. The molecule has 0 bridgehead atoms. The summed E-state index contributed by atoms with van der Waals surface area (Å²) in [7, 11) is 0. The minimum atomic E-state index is -0.762. The van der Waals surface area contributed by atoms with Crippen molar-refractivity contribution in [2.45, 2.75) is 367 Å². The molecule has 0 aliphatic rings. The number of hydrogen-bond acceptors (Lipinski definition) is 6. The Hall–Kier alpha value is -1.85. The molecule has 0 aromatic heterocycles. The molecule has 0 saturated carbocycles. The fourth-order valence-electron chi connectivity index (χ4n) is 9.74. The van der Waals surface area contributed by atoms with E-state index in [0.717, 1.165) is 57.8 Å². The Labute approximate surface area is 437 Å². The van der Waals surface area contributed by atoms with Gasteiger partial charge in [-0.1, -0.05) is 309 Å². The van der Waals surface area contributed by atoms with Gasteiger partial charge in [-0.05, 0) is 44.9 Å². The van der Waals surface area contributed by atoms with Gasteiger partial charge in [-0.2, -0.15) is 0 Å². The molecule has 0 amide bonds. The molecule has 0 aliphatic heterocycles. The second-order valence-electron chi connectivity index (χ2n) is 21.7. The van der Waals surface area contributed by atoms with Gasteiger partial charge in [-0.25, -0.2) is 0 Å². The quantitative estimate of drug-likeness (QED) is 0.0261. The van der Waals surface area contributed by atoms with Crippen LogP contribution < -0.4 is 0 Å². The second kappa shape index (κ2) is 59.7. The number of allylic oxidation sites excluding steroid dienone is 2. The number of esters is 3. The van der Waals surface area contributed by atoms with Crippen molar-refractivity contribution in [2.24, 2.45) is 0 Å². The van der Waals surface area contributed by atoms with Crippen molar-refractivity contribution in [3.05, 3.63) is 12.2 Å². The molecule has 0 radical (unpaired) electrons. The third-order valence-corrected chi connectivity index (χ3v) is 14.5. The highest BCUT2D eigenvalue weighted by molar-refractivity contribution is 5.71. The maximum atomic E-state index is 12.8. The van der Waals surface area contributed by atoms with Crippen molar-refractivity contribution in [3.63, 3.8) is 0 Å². The van der Waals surface area contributed by atoms with E-state index in [9.17, 15) is 14.4 Å². The molecule has 1 atom stereocenters. The highest BCUT2D eigenvalue weighted by atomic mass is 16.6. The topological polar surface area (TPSA) is 78.9 Å². The van der Waals surface area contributed by atoms with Crippen molar-refractivity contribution in [3.8, 4) is 0 Å². The molecule has 0 saturated heterocycles. The largest absolute Gasteiger partial charge is 0.462 e. The number of hydrogen-bond donors (Lipinski definition) is 0. The van der Waals surface area contributed by atoms with Crippen LogP contribution in [-0.2, 0) is 28.6 Å². The van der Waals surface area contributed by atoms with Crippen LogP contribution >= 0.6 is 0 Å². The number of rotatable bonds is 59. The van der Waals surface area contributed by atoms with Crippen LogP contribution in [0.4, 0.5) is 0 Å². The monoisotopic (exact) mass is 987 g/mol. The van der Waals surface area contributed by atoms with Gasteiger partial charge < -0.3 is 14.2 Å². The molecule has 0 N–H and O–H groups in total. The molecule has 6 nitrogen and oxygen atoms in total. The highest BCUT2D eigenvalue weighted by Gasteiger charge is 2.19. The van der Waals surface area contributed by atoms with E-state index in [1.165, 1.54) is 263 Å². The molecule has 0 heterocycles. The minimum absolute atomic E-state index is 0.0641. The molecule has 0 rings (SSSR count). The lowest BCUT2D eigenvalue weighted by molar-refractivity contribution is -0.167. The molecule has 1 unspecified atom stereocenters. The molecule has 70 heavy (non-hydrogen) atoms. The lowest BCUT2D eigenvalue weighted by atomic mass is 10.0. The second-order valence-corrected chi connectivity index (χ2v) is 21.7. The predicted molar refractivity (Wildman–Crippen MR) is 303 cm³/mol. The van der Waals surface area contributed by atoms with Gasteiger partial charge in [0.05, 0.1) is 0 Å². The zero-order valence-electron chi connectivity index (χ0n) is 47.6. The van der Waals surface area contributed by atoms with Crippen molar-refractivity contribution < 1.29 is 28.6 Å². The van der Waals surface area contributed by atoms with E-state index in [2.05, 4.69) is 32.9 Å². The predicted octanol–water partition coefficient (Wildman–Crippen LogP) is 21.3. The summed E-state index contributed by atoms with van der Waals surface area (Å²) in [6.07, 6.45) is 69.8. The fraction of sp³-hybridized carbons (Fsp3) is 0.922. The molecular weight excluding hydrogens is 865 g/mol. The first-order valence-electron chi connectivity index (χ1n) is 31.7. The van der Waals surface area contributed by atoms with E-state index >= 15 is 0 Å². The summed E-state index contributed by atoms with van der Waals surface area (Å²) >= 11 is 0. The molecule has 414 valence electrons. The van der Waals surface area contributed by atoms with Gasteiger partial charge >= 0.3 is 17.9 Å². The summed E-state index contributed by atoms with van der Waals surface area (Å²) in [5.41, 5.74) is 0. The van der Waals surface area contributed by atoms with E-state index in [4.69, 9.17) is 14.2 Å². The minimum Gasteiger partial charge on any atom is -0.462 e. The fourth-order valence-corrected chi connectivity index (χ4v) is 9.74. The Kier molecular flexibility index (Phi) is 58.1. The van der Waals surface area contributed by atoms with Crippen LogP contribution in [0.15, 0.2) is 12.2 Å². The first kappa shape index (κ1) is 68.2. The number of ether oxygens (including phenoxy) is 3. The Morgan fingerprint density at radius 1 is 0.271 bits per heavy atom. The number of unbranched alkanes of at least 4 members (excludes halogenated alkanes) is 46. The third kappa shape index (κ3) is 57.1. The smallest absolute Gasteiger partial charge is 0.306 e. The van der Waals surface area contributed by atoms with Crippen LogP contribution in [0.1, 0.15) is 361 Å². The summed E-state index contributed by atoms with van der Waals surface area (Å²) in [5, 5.41) is 0. The Morgan fingerprint density at radius 3 is 0.714 bits per heavy atom. The molecule has 6 heteroatoms. The SMILES string of the molecule is CCCCCCCCCC/C=C\CCCCCCCCCCCCCCCCCC(=O)OCC(COC(=O)CCCCCCCC)OC(=O)CCCCCCCCCCCCCCCCCCCCC. The standard InChI is InChI=1S/C64H122O6/c1-4-7-10-13-16-18-20-22-24-26-28-29-30-31-32-33-34-35-37-38-40-42-44-46-48-51-54-57-63(66)69-60-61(59-68-62(65)56-53-50-15-12-9-6-3)70-64(67)58-55-52-49-47-45-43-41-39-36-27-25-23-21-19-17-14-11-8-5-2/h26,28,61H,4-25,27,29-60H2,1-3H3/b28-26-. The van der Waals surface area contributed by atoms with E-state index in [0.29, 0.717) is 19.3 Å². The molecule has 0 fully saturated rings. The zero-order valence-corrected chi connectivity index (χ0v) is 47.6. The number of carbonyl (C=O) groups excluding carboxylic acids is 3. The van der Waals surface area contributed by atoms with Crippen LogP contribution in [-0.4, -0.2) is 37.2 Å². The van der Waals surface area contributed by atoms with E-state index < -0.39 is 6.10 Å². The van der Waals surface area contributed by atoms with Crippen LogP contribution in [0.2, 0.25) is 0 Å². The van der Waals surface area contributed by atoms with Crippen molar-refractivity contribution >= 4 is 17.9 Å².